The van der Waals surface area contributed by atoms with Gasteiger partial charge in [0.1, 0.15) is 18.6 Å². The summed E-state index contributed by atoms with van der Waals surface area (Å²) in [6, 6.07) is -0.505. The van der Waals surface area contributed by atoms with Crippen molar-refractivity contribution in [2.45, 2.75) is 69.1 Å². The SMILES string of the molecule is CC(NC(=O)Cn1cnnn1)[C@H]1C(=O)N2C(C(=O)O)=C(S[C@@H]3CN[C@H](C(=O)N4CC5C[C@@H]6C[C@]5(CN6)C4)C3)[C@H](C)[C@H]12. The van der Waals surface area contributed by atoms with Crippen molar-refractivity contribution in [3.63, 3.8) is 0 Å². The van der Waals surface area contributed by atoms with Crippen LogP contribution in [-0.4, -0.2) is 114 Å². The summed E-state index contributed by atoms with van der Waals surface area (Å²) in [6.45, 7) is 6.90. The highest BCUT2D eigenvalue weighted by Gasteiger charge is 2.61. The molecule has 0 aromatic carbocycles. The Bertz CT molecular complexity index is 1320. The second kappa shape index (κ2) is 9.76. The van der Waals surface area contributed by atoms with Crippen LogP contribution in [0.4, 0.5) is 0 Å². The zero-order valence-electron chi connectivity index (χ0n) is 23.0. The maximum Gasteiger partial charge on any atom is 0.353 e. The lowest BCUT2D eigenvalue weighted by molar-refractivity contribution is -0.158. The molecule has 4 N–H and O–H groups in total. The van der Waals surface area contributed by atoms with Gasteiger partial charge in [-0.05, 0) is 42.5 Å². The molecule has 41 heavy (non-hydrogen) atoms. The van der Waals surface area contributed by atoms with Crippen molar-refractivity contribution in [3.05, 3.63) is 16.9 Å². The van der Waals surface area contributed by atoms with Gasteiger partial charge in [-0.2, -0.15) is 0 Å². The maximum atomic E-state index is 13.5. The van der Waals surface area contributed by atoms with Crippen molar-refractivity contribution >= 4 is 35.5 Å². The van der Waals surface area contributed by atoms with Gasteiger partial charge in [0.25, 0.3) is 0 Å². The first kappa shape index (κ1) is 26.8. The molecule has 9 atom stereocenters. The van der Waals surface area contributed by atoms with Crippen molar-refractivity contribution in [2.24, 2.45) is 23.2 Å². The van der Waals surface area contributed by atoms with Gasteiger partial charge in [0.15, 0.2) is 0 Å². The zero-order chi connectivity index (χ0) is 28.6. The summed E-state index contributed by atoms with van der Waals surface area (Å²) in [4.78, 5) is 55.6. The molecule has 15 heteroatoms. The second-order valence-electron chi connectivity index (χ2n) is 12.6. The monoisotopic (exact) mass is 585 g/mol. The third-order valence-electron chi connectivity index (χ3n) is 10.2. The van der Waals surface area contributed by atoms with Crippen LogP contribution in [0.25, 0.3) is 0 Å². The number of nitrogens with one attached hydrogen (secondary N) is 3. The van der Waals surface area contributed by atoms with E-state index in [1.165, 1.54) is 34.1 Å². The Morgan fingerprint density at radius 3 is 2.83 bits per heavy atom. The number of likely N-dealkylation sites (tertiary alicyclic amines) is 1. The van der Waals surface area contributed by atoms with E-state index in [4.69, 9.17) is 0 Å². The average molecular weight is 586 g/mol. The molecule has 6 heterocycles. The van der Waals surface area contributed by atoms with E-state index in [0.717, 1.165) is 26.1 Å². The number of aromatic nitrogens is 4. The molecule has 1 aliphatic carbocycles. The number of carbonyl (C=O) groups excluding carboxylic acids is 3. The Hall–Kier alpha value is -3.04. The van der Waals surface area contributed by atoms with Crippen LogP contribution >= 0.6 is 11.8 Å². The fraction of sp³-hybridized carbons (Fsp3) is 0.731. The molecule has 1 aromatic rings. The summed E-state index contributed by atoms with van der Waals surface area (Å²) in [5.41, 5.74) is 0.277. The largest absolute Gasteiger partial charge is 0.477 e. The smallest absolute Gasteiger partial charge is 0.353 e. The van der Waals surface area contributed by atoms with E-state index < -0.39 is 17.9 Å². The van der Waals surface area contributed by atoms with Crippen molar-refractivity contribution in [1.29, 1.82) is 0 Å². The summed E-state index contributed by atoms with van der Waals surface area (Å²) in [6.07, 6.45) is 4.27. The van der Waals surface area contributed by atoms with Crippen molar-refractivity contribution in [1.82, 2.24) is 46.0 Å². The standard InChI is InChI=1S/C26H35N9O5S/c1-12-20-19(13(2)30-18(36)8-34-11-29-31-32-34)24(38)35(20)21(25(39)40)22(12)41-16-4-17(27-6-16)23(37)33-7-14-3-15-5-26(14,10-33)9-28-15/h11-17,19-20,27-28H,3-10H2,1-2H3,(H,30,36)(H,39,40)/t12-,13?,14?,15-,16+,17+,19-,20-,26+/m1/s1. The molecule has 5 fully saturated rings. The van der Waals surface area contributed by atoms with Gasteiger partial charge >= 0.3 is 5.97 Å². The summed E-state index contributed by atoms with van der Waals surface area (Å²) in [5.74, 6) is -1.77. The van der Waals surface area contributed by atoms with Crippen LogP contribution in [0, 0.1) is 23.2 Å². The Morgan fingerprint density at radius 2 is 2.12 bits per heavy atom. The van der Waals surface area contributed by atoms with Crippen LogP contribution in [0.5, 0.6) is 0 Å². The first-order valence-electron chi connectivity index (χ1n) is 14.4. The highest BCUT2D eigenvalue weighted by atomic mass is 32.2. The molecule has 14 nitrogen and oxygen atoms in total. The summed E-state index contributed by atoms with van der Waals surface area (Å²) in [5, 5.41) is 30.7. The lowest BCUT2D eigenvalue weighted by Gasteiger charge is -2.47. The van der Waals surface area contributed by atoms with Gasteiger partial charge in [0.2, 0.25) is 17.7 Å². The quantitative estimate of drug-likeness (QED) is 0.265. The summed E-state index contributed by atoms with van der Waals surface area (Å²) in [7, 11) is 0. The molecule has 2 unspecified atom stereocenters. The van der Waals surface area contributed by atoms with Gasteiger partial charge in [-0.15, -0.1) is 16.9 Å². The fourth-order valence-corrected chi connectivity index (χ4v) is 9.80. The highest BCUT2D eigenvalue weighted by molar-refractivity contribution is 8.03. The summed E-state index contributed by atoms with van der Waals surface area (Å²) >= 11 is 1.48. The molecule has 5 aliphatic heterocycles. The number of hydrogen-bond acceptors (Lipinski definition) is 10. The number of fused-ring (bicyclic) bond motifs is 2. The topological polar surface area (TPSA) is 175 Å². The first-order chi connectivity index (χ1) is 19.6. The van der Waals surface area contributed by atoms with Gasteiger partial charge < -0.3 is 30.9 Å². The third kappa shape index (κ3) is 4.26. The Balaban J connectivity index is 0.989. The normalized spacial score (nSPS) is 37.8. The van der Waals surface area contributed by atoms with Crippen LogP contribution < -0.4 is 16.0 Å². The molecule has 3 amide bonds. The van der Waals surface area contributed by atoms with E-state index in [0.29, 0.717) is 29.8 Å². The van der Waals surface area contributed by atoms with Crippen molar-refractivity contribution < 1.29 is 24.3 Å². The Labute approximate surface area is 241 Å². The highest BCUT2D eigenvalue weighted by Crippen LogP contribution is 2.53. The Kier molecular flexibility index (Phi) is 6.39. The molecule has 4 saturated heterocycles. The van der Waals surface area contributed by atoms with Gasteiger partial charge in [-0.3, -0.25) is 14.4 Å². The molecule has 6 aliphatic rings. The number of piperidine rings is 1. The molecule has 1 spiro atoms. The lowest BCUT2D eigenvalue weighted by Crippen LogP contribution is -2.66. The zero-order valence-corrected chi connectivity index (χ0v) is 23.8. The second-order valence-corrected chi connectivity index (χ2v) is 14.0. The molecule has 7 rings (SSSR count). The average Bonchev–Trinajstić information content (AvgIpc) is 3.75. The number of β-lactam (4-membered cyclic amide) rings is 1. The predicted octanol–water partition coefficient (Wildman–Crippen LogP) is -1.38. The summed E-state index contributed by atoms with van der Waals surface area (Å²) < 4.78 is 1.29. The van der Waals surface area contributed by atoms with E-state index in [2.05, 4.69) is 31.5 Å². The lowest BCUT2D eigenvalue weighted by atomic mass is 9.78. The molecular weight excluding hydrogens is 550 g/mol. The van der Waals surface area contributed by atoms with E-state index in [-0.39, 0.29) is 58.6 Å². The number of rotatable bonds is 8. The minimum atomic E-state index is -1.13. The van der Waals surface area contributed by atoms with Crippen LogP contribution in [-0.2, 0) is 25.7 Å². The van der Waals surface area contributed by atoms with E-state index >= 15 is 0 Å². The maximum absolute atomic E-state index is 13.5. The number of carbonyl (C=O) groups is 4. The Morgan fingerprint density at radius 1 is 1.29 bits per heavy atom. The number of amides is 3. The number of tetrazole rings is 1. The van der Waals surface area contributed by atoms with Crippen LogP contribution in [0.15, 0.2) is 16.9 Å². The van der Waals surface area contributed by atoms with Crippen LogP contribution in [0.1, 0.15) is 33.1 Å². The minimum absolute atomic E-state index is 0.0224. The first-order valence-corrected chi connectivity index (χ1v) is 15.3. The minimum Gasteiger partial charge on any atom is -0.477 e. The van der Waals surface area contributed by atoms with Gasteiger partial charge in [-0.25, -0.2) is 9.48 Å². The van der Waals surface area contributed by atoms with Gasteiger partial charge in [0.05, 0.1) is 18.0 Å². The number of hydrogen-bond donors (Lipinski definition) is 4. The fourth-order valence-electron chi connectivity index (χ4n) is 8.32. The van der Waals surface area contributed by atoms with Crippen molar-refractivity contribution in [3.8, 4) is 0 Å². The van der Waals surface area contributed by atoms with Gasteiger partial charge in [-0.1, -0.05) is 6.92 Å². The molecule has 220 valence electrons. The van der Waals surface area contributed by atoms with Gasteiger partial charge in [0, 0.05) is 59.8 Å². The molecule has 2 bridgehead atoms. The number of carboxylic acid groups (broad SMARTS) is 1. The van der Waals surface area contributed by atoms with E-state index in [9.17, 15) is 24.3 Å². The van der Waals surface area contributed by atoms with Crippen molar-refractivity contribution in [2.75, 3.05) is 26.2 Å². The van der Waals surface area contributed by atoms with E-state index in [1.807, 2.05) is 11.8 Å². The number of nitrogens with zero attached hydrogens (tertiary/aromatic N) is 6. The van der Waals surface area contributed by atoms with Crippen LogP contribution in [0.2, 0.25) is 0 Å². The predicted molar refractivity (Wildman–Crippen MR) is 145 cm³/mol. The molecular formula is C26H35N9O5S. The molecule has 0 radical (unpaired) electrons. The number of thioether (sulfide) groups is 1. The third-order valence-corrected chi connectivity index (χ3v) is 11.7. The number of carboxylic acids is 1. The van der Waals surface area contributed by atoms with Crippen LogP contribution in [0.3, 0.4) is 0 Å². The molecule has 1 saturated carbocycles. The van der Waals surface area contributed by atoms with E-state index in [1.54, 1.807) is 6.92 Å². The number of aliphatic carboxylic acids is 1. The molecule has 1 aromatic heterocycles.